The number of carbonyl (C=O) groups is 4. The Morgan fingerprint density at radius 2 is 1.75 bits per heavy atom. The van der Waals surface area contributed by atoms with Gasteiger partial charge in [-0.3, -0.25) is 24.1 Å². The zero-order valence-corrected chi connectivity index (χ0v) is 31.4. The number of nitrogens with one attached hydrogen (secondary N) is 1. The summed E-state index contributed by atoms with van der Waals surface area (Å²) < 4.78 is 12.1. The lowest BCUT2D eigenvalue weighted by molar-refractivity contribution is -0.245. The molecule has 2 aliphatic heterocycles. The number of allylic oxidation sites excluding steroid dienone is 1. The first-order valence-electron chi connectivity index (χ1n) is 17.8. The molecular weight excluding hydrogens is 764 g/mol. The maximum atomic E-state index is 14.0. The van der Waals surface area contributed by atoms with Gasteiger partial charge in [0, 0.05) is 65.0 Å². The zero-order chi connectivity index (χ0) is 40.2. The van der Waals surface area contributed by atoms with E-state index in [4.69, 9.17) is 15.2 Å². The molecule has 0 spiro atoms. The van der Waals surface area contributed by atoms with Gasteiger partial charge in [-0.1, -0.05) is 36.9 Å². The highest BCUT2D eigenvalue weighted by Gasteiger charge is 2.49. The van der Waals surface area contributed by atoms with Crippen LogP contribution in [0, 0.1) is 0 Å². The van der Waals surface area contributed by atoms with Crippen molar-refractivity contribution >= 4 is 47.2 Å². The molecule has 1 fully saturated rings. The Labute approximate surface area is 331 Å². The maximum Gasteiger partial charge on any atom is 0.255 e. The van der Waals surface area contributed by atoms with Crippen LogP contribution in [0.3, 0.4) is 0 Å². The van der Waals surface area contributed by atoms with E-state index in [-0.39, 0.29) is 64.7 Å². The summed E-state index contributed by atoms with van der Waals surface area (Å²) in [4.78, 5) is 54.5. The van der Waals surface area contributed by atoms with E-state index in [1.165, 1.54) is 29.2 Å². The summed E-state index contributed by atoms with van der Waals surface area (Å²) in [6.07, 6.45) is -2.61. The number of fused-ring (bicyclic) bond motifs is 3. The fraction of sp³-hybridized carbons (Fsp3) is 0.325. The van der Waals surface area contributed by atoms with Crippen LogP contribution in [0.2, 0.25) is 0 Å². The number of phenols is 2. The van der Waals surface area contributed by atoms with Crippen molar-refractivity contribution in [3.05, 3.63) is 111 Å². The minimum atomic E-state index is -2.19. The van der Waals surface area contributed by atoms with Crippen LogP contribution >= 0.6 is 12.4 Å². The Balaban J connectivity index is 0.00000549. The van der Waals surface area contributed by atoms with Gasteiger partial charge in [-0.15, -0.1) is 12.4 Å². The van der Waals surface area contributed by atoms with Crippen molar-refractivity contribution in [1.82, 2.24) is 5.43 Å². The number of nitrogens with two attached hydrogens (primary N) is 1. The topological polar surface area (TPSA) is 262 Å². The second-order valence-corrected chi connectivity index (χ2v) is 14.3. The molecule has 2 aliphatic carbocycles. The number of ketones is 2. The highest BCUT2D eigenvalue weighted by molar-refractivity contribution is 6.31. The van der Waals surface area contributed by atoms with E-state index in [2.05, 4.69) is 17.1 Å². The molecule has 2 heterocycles. The third kappa shape index (κ3) is 7.26. The van der Waals surface area contributed by atoms with Gasteiger partial charge in [-0.05, 0) is 36.3 Å². The van der Waals surface area contributed by atoms with Crippen LogP contribution in [-0.2, 0) is 38.5 Å². The summed E-state index contributed by atoms with van der Waals surface area (Å²) in [6, 6.07) is 10.1. The van der Waals surface area contributed by atoms with E-state index < -0.39 is 102 Å². The molecule has 1 saturated heterocycles. The number of carbonyl (C=O) groups excluding carboxylic acids is 4. The largest absolute Gasteiger partial charge is 0.507 e. The molecule has 0 radical (unpaired) electrons. The third-order valence-electron chi connectivity index (χ3n) is 10.7. The van der Waals surface area contributed by atoms with Crippen LogP contribution in [0.25, 0.3) is 0 Å². The molecule has 0 bridgehead atoms. The number of amides is 2. The van der Waals surface area contributed by atoms with Crippen LogP contribution in [0.4, 0.5) is 5.69 Å². The average Bonchev–Trinajstić information content (AvgIpc) is 3.50. The standard InChI is InChI=1S/C40H40N4O12.ClH/c1-18-6-11-29(48)44(18)22-9-7-20(8-10-22)12-28(47)43-42-27(17-46)40(54)14-24-32(26(15-40)56-30-13-25(41)35(49)19(2)55-30)39(53)34-33(37(24)51)36(50)23-5-3-4-21(16-45)31(23)38(34)52;/h3-11,19,25-26,30,35,45-46,49,51,53-54H,1,12-17,41H2,2H3,(H,43,47);1H/b42-27+;/t19?,25-,26+,30+,35+,40+;/m1./s1. The SMILES string of the molecule is C=C1C=CC(=O)N1c1ccc(CC(=O)N/N=C(\CO)[C@]2(O)Cc3c(O)c4c(c(O)c3[C@@H](O[C@H]3C[C@@H](N)[C@@H](O)C(C)O3)C2)C(=O)c2c(CO)cccc2C4=O)cc1.Cl. The van der Waals surface area contributed by atoms with Crippen LogP contribution in [0.15, 0.2) is 72.0 Å². The summed E-state index contributed by atoms with van der Waals surface area (Å²) in [5.74, 6) is -3.97. The quantitative estimate of drug-likeness (QED) is 0.0678. The van der Waals surface area contributed by atoms with Gasteiger partial charge in [0.15, 0.2) is 17.9 Å². The van der Waals surface area contributed by atoms with E-state index in [9.17, 15) is 49.8 Å². The first kappa shape index (κ1) is 41.3. The predicted molar refractivity (Wildman–Crippen MR) is 205 cm³/mol. The summed E-state index contributed by atoms with van der Waals surface area (Å²) in [7, 11) is 0. The van der Waals surface area contributed by atoms with Crippen LogP contribution < -0.4 is 16.1 Å². The first-order valence-corrected chi connectivity index (χ1v) is 17.8. The number of hydrogen-bond donors (Lipinski definition) is 8. The van der Waals surface area contributed by atoms with Crippen molar-refractivity contribution in [2.75, 3.05) is 11.5 Å². The molecule has 4 aliphatic rings. The number of benzene rings is 3. The Kier molecular flexibility index (Phi) is 11.5. The van der Waals surface area contributed by atoms with E-state index >= 15 is 0 Å². The van der Waals surface area contributed by atoms with Gasteiger partial charge >= 0.3 is 0 Å². The number of hydrogen-bond acceptors (Lipinski definition) is 14. The van der Waals surface area contributed by atoms with E-state index in [0.29, 0.717) is 16.9 Å². The molecule has 0 aromatic heterocycles. The smallest absolute Gasteiger partial charge is 0.255 e. The molecule has 6 atom stereocenters. The van der Waals surface area contributed by atoms with Gasteiger partial charge in [-0.2, -0.15) is 5.10 Å². The number of rotatable bonds is 9. The summed E-state index contributed by atoms with van der Waals surface area (Å²) >= 11 is 0. The van der Waals surface area contributed by atoms with Crippen molar-refractivity contribution in [2.24, 2.45) is 10.8 Å². The van der Waals surface area contributed by atoms with Gasteiger partial charge in [-0.25, -0.2) is 5.43 Å². The van der Waals surface area contributed by atoms with Crippen molar-refractivity contribution in [2.45, 2.75) is 75.5 Å². The number of aliphatic hydroxyl groups is 4. The van der Waals surface area contributed by atoms with Crippen molar-refractivity contribution in [3.8, 4) is 11.5 Å². The third-order valence-corrected chi connectivity index (χ3v) is 10.7. The molecule has 3 aromatic carbocycles. The molecule has 300 valence electrons. The van der Waals surface area contributed by atoms with Crippen LogP contribution in [-0.4, -0.2) is 96.5 Å². The fourth-order valence-corrected chi connectivity index (χ4v) is 7.83. The summed E-state index contributed by atoms with van der Waals surface area (Å²) in [5.41, 5.74) is 6.02. The molecule has 7 rings (SSSR count). The van der Waals surface area contributed by atoms with E-state index in [1.807, 2.05) is 0 Å². The number of nitrogens with zero attached hydrogens (tertiary/aromatic N) is 2. The van der Waals surface area contributed by atoms with Crippen molar-refractivity contribution < 1.29 is 59.3 Å². The van der Waals surface area contributed by atoms with E-state index in [1.54, 1.807) is 37.3 Å². The van der Waals surface area contributed by atoms with Gasteiger partial charge < -0.3 is 45.8 Å². The summed E-state index contributed by atoms with van der Waals surface area (Å²) in [5, 5.41) is 70.7. The number of ether oxygens (including phenoxy) is 2. The molecule has 0 saturated carbocycles. The Hall–Kier alpha value is -5.30. The lowest BCUT2D eigenvalue weighted by atomic mass is 9.71. The normalized spacial score (nSPS) is 25.5. The minimum Gasteiger partial charge on any atom is -0.507 e. The molecule has 3 aromatic rings. The second kappa shape index (κ2) is 15.9. The average molecular weight is 805 g/mol. The second-order valence-electron chi connectivity index (χ2n) is 14.3. The fourth-order valence-electron chi connectivity index (χ4n) is 7.83. The molecule has 2 amide bonds. The van der Waals surface area contributed by atoms with Crippen molar-refractivity contribution in [1.29, 1.82) is 0 Å². The van der Waals surface area contributed by atoms with Crippen molar-refractivity contribution in [3.63, 3.8) is 0 Å². The number of aliphatic hydroxyl groups excluding tert-OH is 3. The molecule has 9 N–H and O–H groups in total. The lowest BCUT2D eigenvalue weighted by Gasteiger charge is -2.43. The van der Waals surface area contributed by atoms with Crippen LogP contribution in [0.5, 0.6) is 11.5 Å². The first-order chi connectivity index (χ1) is 26.7. The Morgan fingerprint density at radius 3 is 2.39 bits per heavy atom. The molecule has 57 heavy (non-hydrogen) atoms. The van der Waals surface area contributed by atoms with Crippen LogP contribution in [0.1, 0.15) is 80.0 Å². The Morgan fingerprint density at radius 1 is 1.05 bits per heavy atom. The lowest BCUT2D eigenvalue weighted by Crippen LogP contribution is -2.53. The van der Waals surface area contributed by atoms with E-state index in [0.717, 1.165) is 0 Å². The number of phenolic OH excluding ortho intramolecular Hbond substituents is 2. The predicted octanol–water partition coefficient (Wildman–Crippen LogP) is 1.47. The van der Waals surface area contributed by atoms with Gasteiger partial charge in [0.25, 0.3) is 5.91 Å². The highest BCUT2D eigenvalue weighted by Crippen LogP contribution is 2.52. The summed E-state index contributed by atoms with van der Waals surface area (Å²) in [6.45, 7) is 3.93. The van der Waals surface area contributed by atoms with Gasteiger partial charge in [0.05, 0.1) is 54.8 Å². The van der Waals surface area contributed by atoms with Gasteiger partial charge in [0.2, 0.25) is 5.91 Å². The van der Waals surface area contributed by atoms with Gasteiger partial charge in [0.1, 0.15) is 17.1 Å². The maximum absolute atomic E-state index is 14.0. The number of aromatic hydroxyl groups is 2. The number of hydrazone groups is 1. The minimum absolute atomic E-state index is 0. The Bertz CT molecular complexity index is 2210. The molecular formula is C40H41ClN4O12. The zero-order valence-electron chi connectivity index (χ0n) is 30.5. The molecule has 1 unspecified atom stereocenters. The number of halogens is 1. The molecule has 17 heteroatoms. The monoisotopic (exact) mass is 804 g/mol. The highest BCUT2D eigenvalue weighted by atomic mass is 35.5. The molecule has 16 nitrogen and oxygen atoms in total. The number of anilines is 1.